The lowest BCUT2D eigenvalue weighted by atomic mass is 10.0. The van der Waals surface area contributed by atoms with Gasteiger partial charge in [-0.15, -0.1) is 0 Å². The highest BCUT2D eigenvalue weighted by atomic mass is 35.5. The predicted molar refractivity (Wildman–Crippen MR) is 83.6 cm³/mol. The summed E-state index contributed by atoms with van der Waals surface area (Å²) in [6.45, 7) is 6.18. The third-order valence-electron chi connectivity index (χ3n) is 3.12. The summed E-state index contributed by atoms with van der Waals surface area (Å²) in [4.78, 5) is 0. The summed E-state index contributed by atoms with van der Waals surface area (Å²) in [7, 11) is 0. The maximum atomic E-state index is 6.40. The van der Waals surface area contributed by atoms with Gasteiger partial charge in [0.15, 0.2) is 0 Å². The summed E-state index contributed by atoms with van der Waals surface area (Å²) in [5, 5.41) is 4.21. The molecule has 0 aliphatic heterocycles. The monoisotopic (exact) mass is 273 g/mol. The Labute approximate surface area is 120 Å². The minimum Gasteiger partial charge on any atom is -0.313 e. The number of hydrogen-bond donors (Lipinski definition) is 1. The highest BCUT2D eigenvalue weighted by Gasteiger charge is 2.04. The molecule has 0 bridgehead atoms. The van der Waals surface area contributed by atoms with E-state index in [2.05, 4.69) is 61.6 Å². The van der Waals surface area contributed by atoms with E-state index in [0.29, 0.717) is 0 Å². The van der Waals surface area contributed by atoms with E-state index in [1.807, 2.05) is 0 Å². The molecule has 100 valence electrons. The third-order valence-corrected chi connectivity index (χ3v) is 3.43. The second-order valence-corrected chi connectivity index (χ2v) is 5.27. The molecule has 0 aliphatic rings. The van der Waals surface area contributed by atoms with E-state index >= 15 is 0 Å². The van der Waals surface area contributed by atoms with Gasteiger partial charge in [-0.1, -0.05) is 60.5 Å². The zero-order valence-corrected chi connectivity index (χ0v) is 12.3. The van der Waals surface area contributed by atoms with Gasteiger partial charge < -0.3 is 5.32 Å². The maximum absolute atomic E-state index is 6.40. The normalized spacial score (nSPS) is 10.7. The van der Waals surface area contributed by atoms with Crippen LogP contribution in [-0.2, 0) is 6.54 Å². The number of rotatable bonds is 5. The Bertz CT molecular complexity index is 549. The molecule has 0 heterocycles. The Morgan fingerprint density at radius 2 is 1.95 bits per heavy atom. The SMILES string of the molecule is CCCNCc1ccc(-c2cccc(C)c2)c(Cl)c1. The molecule has 0 atom stereocenters. The molecule has 0 aromatic heterocycles. The largest absolute Gasteiger partial charge is 0.313 e. The van der Waals surface area contributed by atoms with E-state index in [1.165, 1.54) is 16.7 Å². The predicted octanol–water partition coefficient (Wildman–Crippen LogP) is 4.82. The fourth-order valence-corrected chi connectivity index (χ4v) is 2.44. The summed E-state index contributed by atoms with van der Waals surface area (Å²) < 4.78 is 0. The smallest absolute Gasteiger partial charge is 0.0487 e. The van der Waals surface area contributed by atoms with Crippen molar-refractivity contribution in [3.8, 4) is 11.1 Å². The summed E-state index contributed by atoms with van der Waals surface area (Å²) in [6, 6.07) is 14.7. The van der Waals surface area contributed by atoms with E-state index in [-0.39, 0.29) is 0 Å². The van der Waals surface area contributed by atoms with Crippen LogP contribution in [0.1, 0.15) is 24.5 Å². The van der Waals surface area contributed by atoms with Gasteiger partial charge in [0.1, 0.15) is 0 Å². The fraction of sp³-hybridized carbons (Fsp3) is 0.294. The van der Waals surface area contributed by atoms with Gasteiger partial charge in [0.05, 0.1) is 0 Å². The van der Waals surface area contributed by atoms with Crippen molar-refractivity contribution in [2.45, 2.75) is 26.8 Å². The average molecular weight is 274 g/mol. The fourth-order valence-electron chi connectivity index (χ4n) is 2.12. The Morgan fingerprint density at radius 3 is 2.63 bits per heavy atom. The Morgan fingerprint density at radius 1 is 1.11 bits per heavy atom. The molecule has 2 aromatic carbocycles. The Hall–Kier alpha value is -1.31. The molecule has 2 heteroatoms. The van der Waals surface area contributed by atoms with Crippen molar-refractivity contribution in [2.75, 3.05) is 6.54 Å². The van der Waals surface area contributed by atoms with Crippen molar-refractivity contribution in [1.29, 1.82) is 0 Å². The molecule has 0 spiro atoms. The summed E-state index contributed by atoms with van der Waals surface area (Å²) in [5.41, 5.74) is 4.76. The maximum Gasteiger partial charge on any atom is 0.0487 e. The van der Waals surface area contributed by atoms with E-state index in [1.54, 1.807) is 0 Å². The molecule has 1 nitrogen and oxygen atoms in total. The van der Waals surface area contributed by atoms with Crippen LogP contribution in [0.4, 0.5) is 0 Å². The van der Waals surface area contributed by atoms with Crippen molar-refractivity contribution in [3.05, 3.63) is 58.6 Å². The van der Waals surface area contributed by atoms with Crippen LogP contribution in [0, 0.1) is 6.92 Å². The van der Waals surface area contributed by atoms with E-state index in [4.69, 9.17) is 11.6 Å². The summed E-state index contributed by atoms with van der Waals surface area (Å²) >= 11 is 6.40. The lowest BCUT2D eigenvalue weighted by molar-refractivity contribution is 0.675. The molecule has 2 aromatic rings. The minimum absolute atomic E-state index is 0.821. The summed E-state index contributed by atoms with van der Waals surface area (Å²) in [6.07, 6.45) is 1.15. The molecular formula is C17H20ClN. The first-order chi connectivity index (χ1) is 9.20. The van der Waals surface area contributed by atoms with Gasteiger partial charge in [-0.3, -0.25) is 0 Å². The van der Waals surface area contributed by atoms with Crippen LogP contribution in [-0.4, -0.2) is 6.54 Å². The molecule has 19 heavy (non-hydrogen) atoms. The Balaban J connectivity index is 2.19. The van der Waals surface area contributed by atoms with Crippen molar-refractivity contribution in [3.63, 3.8) is 0 Å². The van der Waals surface area contributed by atoms with Crippen molar-refractivity contribution >= 4 is 11.6 Å². The number of halogens is 1. The van der Waals surface area contributed by atoms with Gasteiger partial charge in [-0.2, -0.15) is 0 Å². The highest BCUT2D eigenvalue weighted by molar-refractivity contribution is 6.33. The number of aryl methyl sites for hydroxylation is 1. The van der Waals surface area contributed by atoms with Crippen LogP contribution in [0.2, 0.25) is 5.02 Å². The second kappa shape index (κ2) is 6.74. The highest BCUT2D eigenvalue weighted by Crippen LogP contribution is 2.29. The third kappa shape index (κ3) is 3.82. The molecule has 0 aliphatic carbocycles. The lowest BCUT2D eigenvalue weighted by Crippen LogP contribution is -2.13. The van der Waals surface area contributed by atoms with Crippen molar-refractivity contribution in [2.24, 2.45) is 0 Å². The lowest BCUT2D eigenvalue weighted by Gasteiger charge is -2.09. The standard InChI is InChI=1S/C17H20ClN/c1-3-9-19-12-14-7-8-16(17(18)11-14)15-6-4-5-13(2)10-15/h4-8,10-11,19H,3,9,12H2,1-2H3. The molecule has 0 radical (unpaired) electrons. The van der Waals surface area contributed by atoms with Crippen LogP contribution < -0.4 is 5.32 Å². The second-order valence-electron chi connectivity index (χ2n) is 4.86. The van der Waals surface area contributed by atoms with Crippen LogP contribution in [0.5, 0.6) is 0 Å². The Kier molecular flexibility index (Phi) is 5.00. The molecule has 0 unspecified atom stereocenters. The van der Waals surface area contributed by atoms with Gasteiger partial charge in [0, 0.05) is 17.1 Å². The first kappa shape index (κ1) is 14.1. The van der Waals surface area contributed by atoms with Crippen LogP contribution in [0.3, 0.4) is 0 Å². The zero-order chi connectivity index (χ0) is 13.7. The van der Waals surface area contributed by atoms with Crippen LogP contribution in [0.15, 0.2) is 42.5 Å². The molecule has 0 saturated heterocycles. The van der Waals surface area contributed by atoms with E-state index in [9.17, 15) is 0 Å². The average Bonchev–Trinajstić information content (AvgIpc) is 2.39. The summed E-state index contributed by atoms with van der Waals surface area (Å²) in [5.74, 6) is 0. The van der Waals surface area contributed by atoms with Crippen molar-refractivity contribution < 1.29 is 0 Å². The van der Waals surface area contributed by atoms with Gasteiger partial charge >= 0.3 is 0 Å². The molecule has 1 N–H and O–H groups in total. The van der Waals surface area contributed by atoms with E-state index in [0.717, 1.165) is 30.1 Å². The first-order valence-electron chi connectivity index (χ1n) is 6.77. The zero-order valence-electron chi connectivity index (χ0n) is 11.5. The first-order valence-corrected chi connectivity index (χ1v) is 7.14. The molecule has 0 amide bonds. The van der Waals surface area contributed by atoms with Gasteiger partial charge in [-0.25, -0.2) is 0 Å². The molecule has 2 rings (SSSR count). The number of nitrogens with one attached hydrogen (secondary N) is 1. The topological polar surface area (TPSA) is 12.0 Å². The van der Waals surface area contributed by atoms with E-state index < -0.39 is 0 Å². The molecule has 0 saturated carbocycles. The number of hydrogen-bond acceptors (Lipinski definition) is 1. The van der Waals surface area contributed by atoms with Gasteiger partial charge in [0.25, 0.3) is 0 Å². The minimum atomic E-state index is 0.821. The van der Waals surface area contributed by atoms with Crippen LogP contribution in [0.25, 0.3) is 11.1 Å². The van der Waals surface area contributed by atoms with Crippen LogP contribution >= 0.6 is 11.6 Å². The molecule has 0 fully saturated rings. The van der Waals surface area contributed by atoms with Crippen molar-refractivity contribution in [1.82, 2.24) is 5.32 Å². The quantitative estimate of drug-likeness (QED) is 0.771. The number of benzene rings is 2. The van der Waals surface area contributed by atoms with Gasteiger partial charge in [-0.05, 0) is 37.1 Å². The van der Waals surface area contributed by atoms with Gasteiger partial charge in [0.2, 0.25) is 0 Å². The molecular weight excluding hydrogens is 254 g/mol.